The van der Waals surface area contributed by atoms with E-state index in [2.05, 4.69) is 0 Å². The summed E-state index contributed by atoms with van der Waals surface area (Å²) in [5.41, 5.74) is 1.85. The molecule has 0 unspecified atom stereocenters. The first kappa shape index (κ1) is 16.9. The lowest BCUT2D eigenvalue weighted by Crippen LogP contribution is -2.29. The third kappa shape index (κ3) is 3.02. The van der Waals surface area contributed by atoms with Gasteiger partial charge in [-0.15, -0.1) is 0 Å². The number of benzene rings is 2. The number of hydrogen-bond donors (Lipinski definition) is 0. The number of carbonyl (C=O) groups is 1. The van der Waals surface area contributed by atoms with Crippen molar-refractivity contribution in [2.75, 3.05) is 27.1 Å². The van der Waals surface area contributed by atoms with Crippen LogP contribution in [0.2, 0.25) is 0 Å². The molecule has 2 aromatic rings. The molecule has 0 saturated carbocycles. The van der Waals surface area contributed by atoms with Gasteiger partial charge >= 0.3 is 0 Å². The number of rotatable bonds is 5. The zero-order chi connectivity index (χ0) is 18.1. The van der Waals surface area contributed by atoms with Crippen LogP contribution >= 0.6 is 0 Å². The Labute approximate surface area is 151 Å². The monoisotopic (exact) mass is 356 g/mol. The Kier molecular flexibility index (Phi) is 4.30. The lowest BCUT2D eigenvalue weighted by molar-refractivity contribution is -0.140. The average molecular weight is 356 g/mol. The Morgan fingerprint density at radius 2 is 1.81 bits per heavy atom. The van der Waals surface area contributed by atoms with Crippen molar-refractivity contribution in [3.63, 3.8) is 0 Å². The van der Waals surface area contributed by atoms with Crippen LogP contribution in [0.4, 0.5) is 0 Å². The number of fused-ring (bicyclic) bond motifs is 1. The topological polar surface area (TPSA) is 63.2 Å². The number of methoxy groups -OCH3 is 1. The number of carbonyl (C=O) groups excluding carboxylic acids is 1. The molecule has 1 fully saturated rings. The number of ether oxygens (including phenoxy) is 5. The summed E-state index contributed by atoms with van der Waals surface area (Å²) in [6, 6.07) is 10.7. The van der Waals surface area contributed by atoms with E-state index in [1.54, 1.807) is 31.4 Å². The standard InChI is InChI=1S/C20H20O6/c1-20(25-9-10-26-20)11-14-5-8-16-19(24-12-23-16)17(14)18(21)13-3-6-15(22-2)7-4-13/h3-8H,9-12H2,1-2H3. The summed E-state index contributed by atoms with van der Waals surface area (Å²) in [6.07, 6.45) is 0.445. The minimum Gasteiger partial charge on any atom is -0.497 e. The maximum Gasteiger partial charge on any atom is 0.231 e. The van der Waals surface area contributed by atoms with E-state index < -0.39 is 5.79 Å². The van der Waals surface area contributed by atoms with Crippen LogP contribution in [0.1, 0.15) is 28.4 Å². The van der Waals surface area contributed by atoms with Crippen molar-refractivity contribution in [1.82, 2.24) is 0 Å². The summed E-state index contributed by atoms with van der Waals surface area (Å²) in [5.74, 6) is 0.864. The normalized spacial score (nSPS) is 17.3. The number of ketones is 1. The van der Waals surface area contributed by atoms with Crippen LogP contribution in [-0.4, -0.2) is 38.7 Å². The molecular formula is C20H20O6. The highest BCUT2D eigenvalue weighted by molar-refractivity contribution is 6.12. The minimum atomic E-state index is -0.747. The van der Waals surface area contributed by atoms with E-state index in [-0.39, 0.29) is 12.6 Å². The van der Waals surface area contributed by atoms with Gasteiger partial charge in [0.15, 0.2) is 23.1 Å². The first-order valence-corrected chi connectivity index (χ1v) is 8.48. The summed E-state index contributed by atoms with van der Waals surface area (Å²) in [5, 5.41) is 0. The Bertz CT molecular complexity index is 821. The van der Waals surface area contributed by atoms with Gasteiger partial charge in [-0.3, -0.25) is 4.79 Å². The summed E-state index contributed by atoms with van der Waals surface area (Å²) in [7, 11) is 1.59. The molecule has 6 nitrogen and oxygen atoms in total. The highest BCUT2D eigenvalue weighted by Gasteiger charge is 2.35. The maximum absolute atomic E-state index is 13.2. The fourth-order valence-corrected chi connectivity index (χ4v) is 3.30. The first-order valence-electron chi connectivity index (χ1n) is 8.48. The molecule has 2 heterocycles. The second-order valence-corrected chi connectivity index (χ2v) is 6.40. The second-order valence-electron chi connectivity index (χ2n) is 6.40. The third-order valence-electron chi connectivity index (χ3n) is 4.61. The molecule has 0 atom stereocenters. The molecule has 0 radical (unpaired) electrons. The van der Waals surface area contributed by atoms with E-state index >= 15 is 0 Å². The van der Waals surface area contributed by atoms with Gasteiger partial charge < -0.3 is 23.7 Å². The van der Waals surface area contributed by atoms with Gasteiger partial charge in [-0.05, 0) is 42.8 Å². The van der Waals surface area contributed by atoms with E-state index in [4.69, 9.17) is 23.7 Å². The Balaban J connectivity index is 1.75. The summed E-state index contributed by atoms with van der Waals surface area (Å²) in [4.78, 5) is 13.2. The Hall–Kier alpha value is -2.57. The molecule has 26 heavy (non-hydrogen) atoms. The van der Waals surface area contributed by atoms with Gasteiger partial charge in [0.2, 0.25) is 6.79 Å². The van der Waals surface area contributed by atoms with Crippen LogP contribution in [0, 0.1) is 0 Å². The van der Waals surface area contributed by atoms with Crippen molar-refractivity contribution in [2.45, 2.75) is 19.1 Å². The quantitative estimate of drug-likeness (QED) is 0.768. The second kappa shape index (κ2) is 6.63. The zero-order valence-electron chi connectivity index (χ0n) is 14.7. The largest absolute Gasteiger partial charge is 0.497 e. The predicted octanol–water partition coefficient (Wildman–Crippen LogP) is 2.96. The van der Waals surface area contributed by atoms with Crippen LogP contribution in [0.5, 0.6) is 17.2 Å². The van der Waals surface area contributed by atoms with Crippen molar-refractivity contribution < 1.29 is 28.5 Å². The molecule has 0 spiro atoms. The van der Waals surface area contributed by atoms with Gasteiger partial charge in [-0.1, -0.05) is 6.07 Å². The molecule has 0 aromatic heterocycles. The third-order valence-corrected chi connectivity index (χ3v) is 4.61. The van der Waals surface area contributed by atoms with Gasteiger partial charge in [0.25, 0.3) is 0 Å². The lowest BCUT2D eigenvalue weighted by Gasteiger charge is -2.24. The molecule has 2 aliphatic rings. The van der Waals surface area contributed by atoms with E-state index in [9.17, 15) is 4.79 Å². The molecular weight excluding hydrogens is 336 g/mol. The van der Waals surface area contributed by atoms with Crippen LogP contribution in [0.15, 0.2) is 36.4 Å². The number of hydrogen-bond acceptors (Lipinski definition) is 6. The summed E-state index contributed by atoms with van der Waals surface area (Å²) in [6.45, 7) is 3.07. The van der Waals surface area contributed by atoms with Gasteiger partial charge in [-0.25, -0.2) is 0 Å². The van der Waals surface area contributed by atoms with Crippen molar-refractivity contribution in [3.8, 4) is 17.2 Å². The minimum absolute atomic E-state index is 0.103. The van der Waals surface area contributed by atoms with Crippen molar-refractivity contribution >= 4 is 5.78 Å². The van der Waals surface area contributed by atoms with Crippen LogP contribution in [0.3, 0.4) is 0 Å². The molecule has 6 heteroatoms. The average Bonchev–Trinajstić information content (AvgIpc) is 3.30. The Morgan fingerprint density at radius 1 is 1.08 bits per heavy atom. The first-order chi connectivity index (χ1) is 12.6. The molecule has 0 aliphatic carbocycles. The van der Waals surface area contributed by atoms with E-state index in [0.29, 0.717) is 48.0 Å². The molecule has 136 valence electrons. The lowest BCUT2D eigenvalue weighted by atomic mass is 9.93. The molecule has 0 amide bonds. The molecule has 2 aromatic carbocycles. The highest BCUT2D eigenvalue weighted by Crippen LogP contribution is 2.40. The van der Waals surface area contributed by atoms with Crippen molar-refractivity contribution in [2.24, 2.45) is 0 Å². The molecule has 0 bridgehead atoms. The zero-order valence-corrected chi connectivity index (χ0v) is 14.7. The highest BCUT2D eigenvalue weighted by atomic mass is 16.7. The predicted molar refractivity (Wildman–Crippen MR) is 93.0 cm³/mol. The van der Waals surface area contributed by atoms with Crippen LogP contribution in [-0.2, 0) is 15.9 Å². The molecule has 4 rings (SSSR count). The van der Waals surface area contributed by atoms with Gasteiger partial charge in [0, 0.05) is 12.0 Å². The van der Waals surface area contributed by atoms with Gasteiger partial charge in [-0.2, -0.15) is 0 Å². The smallest absolute Gasteiger partial charge is 0.231 e. The summed E-state index contributed by atoms with van der Waals surface area (Å²) >= 11 is 0. The SMILES string of the molecule is COc1ccc(C(=O)c2c(CC3(C)OCCO3)ccc3c2OCO3)cc1. The van der Waals surface area contributed by atoms with Crippen molar-refractivity contribution in [3.05, 3.63) is 53.1 Å². The van der Waals surface area contributed by atoms with Gasteiger partial charge in [0.05, 0.1) is 25.9 Å². The van der Waals surface area contributed by atoms with E-state index in [1.807, 2.05) is 19.1 Å². The fraction of sp³-hybridized carbons (Fsp3) is 0.350. The maximum atomic E-state index is 13.2. The summed E-state index contributed by atoms with van der Waals surface area (Å²) < 4.78 is 27.7. The van der Waals surface area contributed by atoms with Crippen LogP contribution < -0.4 is 14.2 Å². The van der Waals surface area contributed by atoms with E-state index in [0.717, 1.165) is 5.56 Å². The van der Waals surface area contributed by atoms with Crippen molar-refractivity contribution in [1.29, 1.82) is 0 Å². The Morgan fingerprint density at radius 3 is 2.50 bits per heavy atom. The molecule has 0 N–H and O–H groups in total. The molecule has 2 aliphatic heterocycles. The van der Waals surface area contributed by atoms with E-state index in [1.165, 1.54) is 0 Å². The van der Waals surface area contributed by atoms with Crippen LogP contribution in [0.25, 0.3) is 0 Å². The molecule has 1 saturated heterocycles. The van der Waals surface area contributed by atoms with Gasteiger partial charge in [0.1, 0.15) is 5.75 Å². The fourth-order valence-electron chi connectivity index (χ4n) is 3.30.